The van der Waals surface area contributed by atoms with Crippen molar-refractivity contribution in [3.8, 4) is 5.75 Å². The largest absolute Gasteiger partial charge is 0.573 e. The molecule has 1 fully saturated rings. The number of hydrogen-bond donors (Lipinski definition) is 1. The predicted molar refractivity (Wildman–Crippen MR) is 104 cm³/mol. The van der Waals surface area contributed by atoms with E-state index in [-0.39, 0.29) is 17.6 Å². The highest BCUT2D eigenvalue weighted by Gasteiger charge is 2.33. The van der Waals surface area contributed by atoms with E-state index >= 15 is 0 Å². The normalized spacial score (nSPS) is 16.7. The Kier molecular flexibility index (Phi) is 6.64. The number of amides is 2. The van der Waals surface area contributed by atoms with Crippen molar-refractivity contribution in [2.75, 3.05) is 6.54 Å². The summed E-state index contributed by atoms with van der Waals surface area (Å²) in [6, 6.07) is 13.2. The first-order valence-corrected chi connectivity index (χ1v) is 9.75. The second kappa shape index (κ2) is 9.19. The molecule has 0 aromatic heterocycles. The topological polar surface area (TPSA) is 58.6 Å². The summed E-state index contributed by atoms with van der Waals surface area (Å²) in [4.78, 5) is 27.2. The van der Waals surface area contributed by atoms with E-state index in [9.17, 15) is 22.8 Å². The molecule has 8 heteroatoms. The maximum atomic E-state index is 13.1. The van der Waals surface area contributed by atoms with Crippen LogP contribution in [-0.4, -0.2) is 29.6 Å². The monoisotopic (exact) mass is 420 g/mol. The van der Waals surface area contributed by atoms with Gasteiger partial charge in [-0.3, -0.25) is 9.59 Å². The summed E-state index contributed by atoms with van der Waals surface area (Å²) in [5.41, 5.74) is 1.33. The van der Waals surface area contributed by atoms with Crippen LogP contribution in [0.5, 0.6) is 5.75 Å². The molecule has 160 valence electrons. The van der Waals surface area contributed by atoms with E-state index in [0.717, 1.165) is 12.8 Å². The highest BCUT2D eigenvalue weighted by molar-refractivity contribution is 5.89. The lowest BCUT2D eigenvalue weighted by molar-refractivity contribution is -0.274. The van der Waals surface area contributed by atoms with Gasteiger partial charge in [0.15, 0.2) is 0 Å². The van der Waals surface area contributed by atoms with Crippen LogP contribution in [-0.2, 0) is 9.59 Å². The molecule has 0 saturated carbocycles. The highest BCUT2D eigenvalue weighted by Crippen LogP contribution is 2.28. The van der Waals surface area contributed by atoms with Gasteiger partial charge in [-0.25, -0.2) is 0 Å². The first kappa shape index (κ1) is 21.7. The fraction of sp³-hybridized carbons (Fsp3) is 0.364. The molecule has 2 amide bonds. The van der Waals surface area contributed by atoms with Crippen LogP contribution in [0.25, 0.3) is 0 Å². The SMILES string of the molecule is CC(NC(=O)C(c1ccccc1)N1CCCCC1=O)c1ccc(OC(F)(F)F)cc1. The van der Waals surface area contributed by atoms with Gasteiger partial charge in [-0.2, -0.15) is 0 Å². The van der Waals surface area contributed by atoms with Gasteiger partial charge in [0.2, 0.25) is 11.8 Å². The number of rotatable bonds is 6. The van der Waals surface area contributed by atoms with Gasteiger partial charge in [0.25, 0.3) is 0 Å². The second-order valence-electron chi connectivity index (χ2n) is 7.20. The number of benzene rings is 2. The minimum atomic E-state index is -4.76. The van der Waals surface area contributed by atoms with E-state index in [2.05, 4.69) is 10.1 Å². The van der Waals surface area contributed by atoms with Crippen LogP contribution >= 0.6 is 0 Å². The zero-order valence-corrected chi connectivity index (χ0v) is 16.5. The molecule has 0 radical (unpaired) electrons. The highest BCUT2D eigenvalue weighted by atomic mass is 19.4. The third-order valence-electron chi connectivity index (χ3n) is 5.01. The molecule has 3 rings (SSSR count). The third-order valence-corrected chi connectivity index (χ3v) is 5.01. The maximum absolute atomic E-state index is 13.1. The smallest absolute Gasteiger partial charge is 0.406 e. The Bertz CT molecular complexity index is 869. The number of hydrogen-bond acceptors (Lipinski definition) is 3. The predicted octanol–water partition coefficient (Wildman–Crippen LogP) is 4.52. The van der Waals surface area contributed by atoms with E-state index in [1.54, 1.807) is 24.0 Å². The minimum absolute atomic E-state index is 0.0634. The quantitative estimate of drug-likeness (QED) is 0.748. The van der Waals surface area contributed by atoms with E-state index in [1.165, 1.54) is 24.3 Å². The molecule has 0 aliphatic carbocycles. The number of nitrogens with one attached hydrogen (secondary N) is 1. The lowest BCUT2D eigenvalue weighted by Gasteiger charge is -2.34. The van der Waals surface area contributed by atoms with Crippen LogP contribution in [0.1, 0.15) is 49.4 Å². The third kappa shape index (κ3) is 5.52. The van der Waals surface area contributed by atoms with Gasteiger partial charge in [0, 0.05) is 13.0 Å². The zero-order valence-electron chi connectivity index (χ0n) is 16.5. The molecule has 2 atom stereocenters. The van der Waals surface area contributed by atoms with Crippen molar-refractivity contribution in [1.82, 2.24) is 10.2 Å². The number of piperidine rings is 1. The second-order valence-corrected chi connectivity index (χ2v) is 7.20. The molecule has 5 nitrogen and oxygen atoms in total. The number of likely N-dealkylation sites (tertiary alicyclic amines) is 1. The van der Waals surface area contributed by atoms with Gasteiger partial charge in [-0.1, -0.05) is 42.5 Å². The molecule has 0 bridgehead atoms. The number of halogens is 3. The first-order valence-electron chi connectivity index (χ1n) is 9.75. The molecule has 1 heterocycles. The van der Waals surface area contributed by atoms with Crippen molar-refractivity contribution in [2.24, 2.45) is 0 Å². The maximum Gasteiger partial charge on any atom is 0.573 e. The van der Waals surface area contributed by atoms with Crippen molar-refractivity contribution in [3.05, 3.63) is 65.7 Å². The fourth-order valence-corrected chi connectivity index (χ4v) is 3.54. The average molecular weight is 420 g/mol. The molecule has 1 aliphatic heterocycles. The molecule has 30 heavy (non-hydrogen) atoms. The summed E-state index contributed by atoms with van der Waals surface area (Å²) >= 11 is 0. The summed E-state index contributed by atoms with van der Waals surface area (Å²) in [5.74, 6) is -0.725. The number of alkyl halides is 3. The summed E-state index contributed by atoms with van der Waals surface area (Å²) < 4.78 is 40.8. The Morgan fingerprint density at radius 1 is 1.03 bits per heavy atom. The standard InChI is InChI=1S/C22H23F3N2O3/c1-15(16-10-12-18(13-11-16)30-22(23,24)25)26-21(29)20(17-7-3-2-4-8-17)27-14-6-5-9-19(27)28/h2-4,7-8,10-13,15,20H,5-6,9,14H2,1H3,(H,26,29). The molecular formula is C22H23F3N2O3. The first-order chi connectivity index (χ1) is 14.2. The Morgan fingerprint density at radius 3 is 2.30 bits per heavy atom. The fourth-order valence-electron chi connectivity index (χ4n) is 3.54. The molecule has 1 N–H and O–H groups in total. The minimum Gasteiger partial charge on any atom is -0.406 e. The van der Waals surface area contributed by atoms with Crippen molar-refractivity contribution in [3.63, 3.8) is 0 Å². The molecule has 2 aromatic carbocycles. The lowest BCUT2D eigenvalue weighted by atomic mass is 9.99. The van der Waals surface area contributed by atoms with E-state index in [4.69, 9.17) is 0 Å². The van der Waals surface area contributed by atoms with Gasteiger partial charge < -0.3 is 15.0 Å². The van der Waals surface area contributed by atoms with Gasteiger partial charge in [-0.05, 0) is 43.0 Å². The molecule has 2 unspecified atom stereocenters. The van der Waals surface area contributed by atoms with Crippen molar-refractivity contribution in [2.45, 2.75) is 44.6 Å². The number of nitrogens with zero attached hydrogens (tertiary/aromatic N) is 1. The molecule has 0 spiro atoms. The van der Waals surface area contributed by atoms with Crippen molar-refractivity contribution >= 4 is 11.8 Å². The summed E-state index contributed by atoms with van der Waals surface area (Å²) in [7, 11) is 0. The van der Waals surface area contributed by atoms with Crippen LogP contribution in [0, 0.1) is 0 Å². The van der Waals surface area contributed by atoms with Gasteiger partial charge >= 0.3 is 6.36 Å². The Balaban J connectivity index is 1.75. The summed E-state index contributed by atoms with van der Waals surface area (Å²) in [5, 5.41) is 2.88. The van der Waals surface area contributed by atoms with Crippen LogP contribution in [0.4, 0.5) is 13.2 Å². The van der Waals surface area contributed by atoms with Gasteiger partial charge in [-0.15, -0.1) is 13.2 Å². The lowest BCUT2D eigenvalue weighted by Crippen LogP contribution is -2.46. The van der Waals surface area contributed by atoms with Crippen LogP contribution in [0.2, 0.25) is 0 Å². The summed E-state index contributed by atoms with van der Waals surface area (Å²) in [6.45, 7) is 2.24. The Hall–Kier alpha value is -3.03. The number of ether oxygens (including phenoxy) is 1. The molecule has 1 aliphatic rings. The van der Waals surface area contributed by atoms with E-state index in [1.807, 2.05) is 18.2 Å². The summed E-state index contributed by atoms with van der Waals surface area (Å²) in [6.07, 6.45) is -2.71. The van der Waals surface area contributed by atoms with Gasteiger partial charge in [0.1, 0.15) is 11.8 Å². The van der Waals surface area contributed by atoms with E-state index in [0.29, 0.717) is 24.1 Å². The molecule has 2 aromatic rings. The van der Waals surface area contributed by atoms with Crippen LogP contribution in [0.15, 0.2) is 54.6 Å². The van der Waals surface area contributed by atoms with Crippen LogP contribution < -0.4 is 10.1 Å². The van der Waals surface area contributed by atoms with Crippen molar-refractivity contribution in [1.29, 1.82) is 0 Å². The number of carbonyl (C=O) groups is 2. The Morgan fingerprint density at radius 2 is 1.70 bits per heavy atom. The van der Waals surface area contributed by atoms with Crippen LogP contribution in [0.3, 0.4) is 0 Å². The van der Waals surface area contributed by atoms with Gasteiger partial charge in [0.05, 0.1) is 6.04 Å². The Labute approximate surface area is 172 Å². The zero-order chi connectivity index (χ0) is 21.7. The molecular weight excluding hydrogens is 397 g/mol. The average Bonchev–Trinajstić information content (AvgIpc) is 2.70. The molecule has 1 saturated heterocycles. The van der Waals surface area contributed by atoms with E-state index < -0.39 is 18.4 Å². The number of carbonyl (C=O) groups excluding carboxylic acids is 2. The van der Waals surface area contributed by atoms with Crippen molar-refractivity contribution < 1.29 is 27.5 Å².